The summed E-state index contributed by atoms with van der Waals surface area (Å²) < 4.78 is 5.58. The Morgan fingerprint density at radius 1 is 1.29 bits per heavy atom. The molecule has 24 heavy (non-hydrogen) atoms. The molecule has 0 saturated heterocycles. The summed E-state index contributed by atoms with van der Waals surface area (Å²) in [5.74, 6) is 1.52. The number of aliphatic imine (C=N–C) groups is 1. The van der Waals surface area contributed by atoms with E-state index in [1.807, 2.05) is 19.2 Å². The molecule has 0 saturated carbocycles. The molecule has 2 aromatic rings. The number of hydrogen-bond acceptors (Lipinski definition) is 3. The van der Waals surface area contributed by atoms with Crippen molar-refractivity contribution in [2.24, 2.45) is 4.99 Å². The summed E-state index contributed by atoms with van der Waals surface area (Å²) >= 11 is 0. The number of rotatable bonds is 6. The fourth-order valence-electron chi connectivity index (χ4n) is 2.27. The highest BCUT2D eigenvalue weighted by molar-refractivity contribution is 14.0. The molecule has 5 nitrogen and oxygen atoms in total. The zero-order chi connectivity index (χ0) is 16.7. The van der Waals surface area contributed by atoms with Crippen LogP contribution in [-0.4, -0.2) is 36.5 Å². The highest BCUT2D eigenvalue weighted by atomic mass is 127. The van der Waals surface area contributed by atoms with Crippen LogP contribution in [-0.2, 0) is 6.54 Å². The number of nitrogens with one attached hydrogen (secondary N) is 1. The van der Waals surface area contributed by atoms with Crippen LogP contribution >= 0.6 is 24.0 Å². The molecular formula is C18H27IN4O. The van der Waals surface area contributed by atoms with Gasteiger partial charge in [0.15, 0.2) is 5.96 Å². The van der Waals surface area contributed by atoms with Crippen LogP contribution in [0.3, 0.4) is 0 Å². The second-order valence-electron chi connectivity index (χ2n) is 5.69. The first kappa shape index (κ1) is 20.5. The van der Waals surface area contributed by atoms with E-state index in [0.29, 0.717) is 12.4 Å². The fourth-order valence-corrected chi connectivity index (χ4v) is 2.27. The van der Waals surface area contributed by atoms with E-state index in [1.165, 1.54) is 12.0 Å². The van der Waals surface area contributed by atoms with Crippen molar-refractivity contribution in [3.8, 4) is 11.5 Å². The van der Waals surface area contributed by atoms with Gasteiger partial charge in [-0.25, -0.2) is 4.98 Å². The lowest BCUT2D eigenvalue weighted by atomic mass is 10.1. The lowest BCUT2D eigenvalue weighted by Crippen LogP contribution is -2.39. The molecule has 0 unspecified atom stereocenters. The molecule has 1 heterocycles. The predicted octanol–water partition coefficient (Wildman–Crippen LogP) is 4.08. The summed E-state index contributed by atoms with van der Waals surface area (Å²) in [5.41, 5.74) is 3.08. The molecule has 0 amide bonds. The van der Waals surface area contributed by atoms with Gasteiger partial charge in [-0.2, -0.15) is 0 Å². The predicted molar refractivity (Wildman–Crippen MR) is 110 cm³/mol. The van der Waals surface area contributed by atoms with Crippen molar-refractivity contribution in [2.45, 2.75) is 33.2 Å². The minimum absolute atomic E-state index is 0. The van der Waals surface area contributed by atoms with E-state index in [0.717, 1.165) is 30.2 Å². The Balaban J connectivity index is 0.00000288. The number of guanidine groups is 1. The number of aryl methyl sites for hydroxylation is 1. The van der Waals surface area contributed by atoms with Crippen LogP contribution in [0.1, 0.15) is 31.0 Å². The standard InChI is InChI=1S/C18H26N4O.HI/c1-5-6-11-22(4)18(19-3)20-12-16-13-23-17(21-16)15-9-7-14(2)8-10-15;/h7-10,13H,5-6,11-12H2,1-4H3,(H,19,20);1H. The molecule has 0 spiro atoms. The van der Waals surface area contributed by atoms with Crippen molar-refractivity contribution in [3.63, 3.8) is 0 Å². The Labute approximate surface area is 161 Å². The van der Waals surface area contributed by atoms with Gasteiger partial charge in [-0.3, -0.25) is 4.99 Å². The third-order valence-corrected chi connectivity index (χ3v) is 3.70. The Morgan fingerprint density at radius 2 is 2.00 bits per heavy atom. The Kier molecular flexibility index (Phi) is 8.81. The first-order valence-corrected chi connectivity index (χ1v) is 8.07. The number of hydrogen-bond donors (Lipinski definition) is 1. The maximum atomic E-state index is 5.58. The highest BCUT2D eigenvalue weighted by Gasteiger charge is 2.09. The summed E-state index contributed by atoms with van der Waals surface area (Å²) in [6.07, 6.45) is 4.02. The molecule has 0 aliphatic rings. The fraction of sp³-hybridized carbons (Fsp3) is 0.444. The zero-order valence-electron chi connectivity index (χ0n) is 14.9. The molecule has 1 N–H and O–H groups in total. The number of unbranched alkanes of at least 4 members (excludes halogenated alkanes) is 1. The first-order chi connectivity index (χ1) is 11.1. The van der Waals surface area contributed by atoms with E-state index >= 15 is 0 Å². The lowest BCUT2D eigenvalue weighted by Gasteiger charge is -2.21. The number of halogens is 1. The maximum absolute atomic E-state index is 5.58. The molecule has 1 aromatic carbocycles. The highest BCUT2D eigenvalue weighted by Crippen LogP contribution is 2.18. The lowest BCUT2D eigenvalue weighted by molar-refractivity contribution is 0.464. The Bertz CT molecular complexity index is 637. The first-order valence-electron chi connectivity index (χ1n) is 8.07. The molecule has 2 rings (SSSR count). The van der Waals surface area contributed by atoms with Crippen LogP contribution in [0.5, 0.6) is 0 Å². The molecule has 0 aliphatic carbocycles. The molecule has 6 heteroatoms. The van der Waals surface area contributed by atoms with Gasteiger partial charge in [-0.1, -0.05) is 31.0 Å². The third kappa shape index (κ3) is 5.81. The molecular weight excluding hydrogens is 415 g/mol. The van der Waals surface area contributed by atoms with Crippen LogP contribution in [0.2, 0.25) is 0 Å². The SMILES string of the molecule is CCCCN(C)C(=NC)NCc1coc(-c2ccc(C)cc2)n1.I. The third-order valence-electron chi connectivity index (χ3n) is 3.70. The van der Waals surface area contributed by atoms with Crippen molar-refractivity contribution in [3.05, 3.63) is 41.8 Å². The molecule has 0 aliphatic heterocycles. The number of benzene rings is 1. The van der Waals surface area contributed by atoms with Gasteiger partial charge >= 0.3 is 0 Å². The maximum Gasteiger partial charge on any atom is 0.226 e. The molecule has 132 valence electrons. The van der Waals surface area contributed by atoms with Crippen molar-refractivity contribution in [2.75, 3.05) is 20.6 Å². The summed E-state index contributed by atoms with van der Waals surface area (Å²) in [6.45, 7) is 5.84. The molecule has 0 atom stereocenters. The molecule has 1 aromatic heterocycles. The van der Waals surface area contributed by atoms with Crippen LogP contribution in [0.15, 0.2) is 39.9 Å². The van der Waals surface area contributed by atoms with E-state index in [-0.39, 0.29) is 24.0 Å². The van der Waals surface area contributed by atoms with Gasteiger partial charge in [0.25, 0.3) is 0 Å². The minimum Gasteiger partial charge on any atom is -0.444 e. The normalized spacial score (nSPS) is 11.1. The van der Waals surface area contributed by atoms with Gasteiger partial charge < -0.3 is 14.6 Å². The van der Waals surface area contributed by atoms with Crippen LogP contribution in [0.25, 0.3) is 11.5 Å². The summed E-state index contributed by atoms with van der Waals surface area (Å²) in [7, 11) is 3.84. The average molecular weight is 442 g/mol. The quantitative estimate of drug-likeness (QED) is 0.416. The molecule has 0 fully saturated rings. The van der Waals surface area contributed by atoms with E-state index < -0.39 is 0 Å². The van der Waals surface area contributed by atoms with Gasteiger partial charge in [0.05, 0.1) is 12.2 Å². The topological polar surface area (TPSA) is 53.7 Å². The van der Waals surface area contributed by atoms with Crippen molar-refractivity contribution < 1.29 is 4.42 Å². The van der Waals surface area contributed by atoms with Gasteiger partial charge in [-0.15, -0.1) is 24.0 Å². The van der Waals surface area contributed by atoms with Crippen LogP contribution < -0.4 is 5.32 Å². The molecule has 0 radical (unpaired) electrons. The monoisotopic (exact) mass is 442 g/mol. The second-order valence-corrected chi connectivity index (χ2v) is 5.69. The average Bonchev–Trinajstić information content (AvgIpc) is 3.03. The van der Waals surface area contributed by atoms with E-state index in [4.69, 9.17) is 4.42 Å². The van der Waals surface area contributed by atoms with Gasteiger partial charge in [0, 0.05) is 26.2 Å². The Hall–Kier alpha value is -1.57. The summed E-state index contributed by atoms with van der Waals surface area (Å²) in [4.78, 5) is 11.0. The molecule has 0 bridgehead atoms. The van der Waals surface area contributed by atoms with E-state index in [2.05, 4.69) is 46.2 Å². The van der Waals surface area contributed by atoms with E-state index in [1.54, 1.807) is 13.3 Å². The zero-order valence-corrected chi connectivity index (χ0v) is 17.2. The Morgan fingerprint density at radius 3 is 2.62 bits per heavy atom. The van der Waals surface area contributed by atoms with Gasteiger partial charge in [0.1, 0.15) is 6.26 Å². The number of nitrogens with zero attached hydrogens (tertiary/aromatic N) is 3. The smallest absolute Gasteiger partial charge is 0.226 e. The summed E-state index contributed by atoms with van der Waals surface area (Å²) in [5, 5.41) is 3.32. The van der Waals surface area contributed by atoms with Crippen molar-refractivity contribution in [1.82, 2.24) is 15.2 Å². The van der Waals surface area contributed by atoms with E-state index in [9.17, 15) is 0 Å². The van der Waals surface area contributed by atoms with Crippen LogP contribution in [0, 0.1) is 6.92 Å². The second kappa shape index (κ2) is 10.3. The number of aromatic nitrogens is 1. The van der Waals surface area contributed by atoms with Gasteiger partial charge in [-0.05, 0) is 25.5 Å². The number of oxazole rings is 1. The summed E-state index contributed by atoms with van der Waals surface area (Å²) in [6, 6.07) is 8.16. The van der Waals surface area contributed by atoms with Crippen molar-refractivity contribution >= 4 is 29.9 Å². The van der Waals surface area contributed by atoms with Crippen molar-refractivity contribution in [1.29, 1.82) is 0 Å². The largest absolute Gasteiger partial charge is 0.444 e. The minimum atomic E-state index is 0. The van der Waals surface area contributed by atoms with Crippen LogP contribution in [0.4, 0.5) is 0 Å². The van der Waals surface area contributed by atoms with Gasteiger partial charge in [0.2, 0.25) is 5.89 Å².